The van der Waals surface area contributed by atoms with E-state index in [-0.39, 0.29) is 5.78 Å². The summed E-state index contributed by atoms with van der Waals surface area (Å²) in [6, 6.07) is 7.34. The Balaban J connectivity index is 2.30. The number of benzene rings is 1. The Bertz CT molecular complexity index is 504. The van der Waals surface area contributed by atoms with E-state index in [2.05, 4.69) is 4.98 Å². The lowest BCUT2D eigenvalue weighted by atomic mass is 10.0. The minimum Gasteiger partial charge on any atom is -0.361 e. The largest absolute Gasteiger partial charge is 0.361 e. The molecule has 0 radical (unpaired) electrons. The van der Waals surface area contributed by atoms with Crippen LogP contribution in [0.4, 0.5) is 0 Å². The number of aromatic amines is 1. The molecule has 0 fully saturated rings. The average molecular weight is 218 g/mol. The Morgan fingerprint density at radius 1 is 1.50 bits per heavy atom. The van der Waals surface area contributed by atoms with E-state index >= 15 is 0 Å². The number of hydrogen-bond donors (Lipinski definition) is 3. The molecule has 1 heterocycles. The molecular formula is C12H14N2O2. The van der Waals surface area contributed by atoms with Crippen molar-refractivity contribution in [2.75, 3.05) is 0 Å². The Labute approximate surface area is 93.2 Å². The lowest BCUT2D eigenvalue weighted by molar-refractivity contribution is -0.121. The summed E-state index contributed by atoms with van der Waals surface area (Å²) < 4.78 is 0. The number of ketones is 1. The zero-order chi connectivity index (χ0) is 11.5. The maximum Gasteiger partial charge on any atom is 0.149 e. The van der Waals surface area contributed by atoms with E-state index in [0.29, 0.717) is 6.42 Å². The summed E-state index contributed by atoms with van der Waals surface area (Å²) in [6.07, 6.45) is 2.35. The van der Waals surface area contributed by atoms with E-state index in [1.165, 1.54) is 6.92 Å². The molecule has 0 aliphatic carbocycles. The van der Waals surface area contributed by atoms with Crippen LogP contribution in [-0.2, 0) is 11.2 Å². The molecule has 4 nitrogen and oxygen atoms in total. The smallest absolute Gasteiger partial charge is 0.149 e. The summed E-state index contributed by atoms with van der Waals surface area (Å²) in [6.45, 7) is 1.46. The van der Waals surface area contributed by atoms with Crippen molar-refractivity contribution in [3.05, 3.63) is 36.0 Å². The van der Waals surface area contributed by atoms with Gasteiger partial charge in [0.25, 0.3) is 0 Å². The molecule has 1 aromatic carbocycles. The lowest BCUT2D eigenvalue weighted by Crippen LogP contribution is -2.34. The van der Waals surface area contributed by atoms with Gasteiger partial charge in [0.2, 0.25) is 0 Å². The van der Waals surface area contributed by atoms with Gasteiger partial charge >= 0.3 is 0 Å². The number of hydrogen-bond acceptors (Lipinski definition) is 3. The van der Waals surface area contributed by atoms with Gasteiger partial charge in [-0.05, 0) is 25.0 Å². The molecule has 4 heteroatoms. The Kier molecular flexibility index (Phi) is 3.03. The maximum absolute atomic E-state index is 11.2. The van der Waals surface area contributed by atoms with Crippen LogP contribution in [0.25, 0.3) is 10.9 Å². The molecule has 0 saturated heterocycles. The van der Waals surface area contributed by atoms with Gasteiger partial charge in [-0.1, -0.05) is 18.2 Å². The van der Waals surface area contributed by atoms with Crippen molar-refractivity contribution in [2.24, 2.45) is 0 Å². The highest BCUT2D eigenvalue weighted by Crippen LogP contribution is 2.19. The van der Waals surface area contributed by atoms with Crippen molar-refractivity contribution >= 4 is 16.7 Å². The highest BCUT2D eigenvalue weighted by atomic mass is 16.5. The first-order chi connectivity index (χ1) is 7.72. The van der Waals surface area contributed by atoms with Crippen LogP contribution in [0, 0.1) is 0 Å². The minimum absolute atomic E-state index is 0.0761. The van der Waals surface area contributed by atoms with Crippen LogP contribution in [0.1, 0.15) is 12.5 Å². The molecule has 84 valence electrons. The van der Waals surface area contributed by atoms with Crippen LogP contribution < -0.4 is 5.48 Å². The molecule has 2 aromatic rings. The quantitative estimate of drug-likeness (QED) is 0.683. The SMILES string of the molecule is CC(=O)[C@@H](Cc1c[nH]c2ccccc12)NO. The molecule has 0 spiro atoms. The van der Waals surface area contributed by atoms with E-state index in [0.717, 1.165) is 16.5 Å². The van der Waals surface area contributed by atoms with E-state index in [9.17, 15) is 4.79 Å². The first kappa shape index (κ1) is 10.9. The summed E-state index contributed by atoms with van der Waals surface area (Å²) in [4.78, 5) is 14.3. The number of rotatable bonds is 4. The van der Waals surface area contributed by atoms with E-state index in [4.69, 9.17) is 5.21 Å². The van der Waals surface area contributed by atoms with Crippen LogP contribution >= 0.6 is 0 Å². The molecule has 0 aliphatic rings. The molecule has 0 saturated carbocycles. The highest BCUT2D eigenvalue weighted by Gasteiger charge is 2.15. The van der Waals surface area contributed by atoms with Crippen molar-refractivity contribution in [2.45, 2.75) is 19.4 Å². The summed E-state index contributed by atoms with van der Waals surface area (Å²) in [5.41, 5.74) is 4.11. The second kappa shape index (κ2) is 4.47. The number of nitrogens with one attached hydrogen (secondary N) is 2. The van der Waals surface area contributed by atoms with Gasteiger partial charge in [-0.2, -0.15) is 5.48 Å². The van der Waals surface area contributed by atoms with Crippen LogP contribution in [0.3, 0.4) is 0 Å². The Morgan fingerprint density at radius 3 is 2.94 bits per heavy atom. The number of carbonyl (C=O) groups excluding carboxylic acids is 1. The second-order valence-electron chi connectivity index (χ2n) is 3.86. The normalized spacial score (nSPS) is 12.9. The highest BCUT2D eigenvalue weighted by molar-refractivity contribution is 5.85. The van der Waals surface area contributed by atoms with Crippen molar-refractivity contribution in [1.29, 1.82) is 0 Å². The number of para-hydroxylation sites is 1. The molecule has 1 aromatic heterocycles. The fraction of sp³-hybridized carbons (Fsp3) is 0.250. The van der Waals surface area contributed by atoms with Gasteiger partial charge in [-0.3, -0.25) is 4.79 Å². The predicted molar refractivity (Wildman–Crippen MR) is 61.4 cm³/mol. The number of aromatic nitrogens is 1. The third-order valence-corrected chi connectivity index (χ3v) is 2.75. The first-order valence-corrected chi connectivity index (χ1v) is 5.17. The van der Waals surface area contributed by atoms with Gasteiger partial charge in [-0.15, -0.1) is 0 Å². The zero-order valence-electron chi connectivity index (χ0n) is 9.03. The molecule has 0 amide bonds. The van der Waals surface area contributed by atoms with Gasteiger partial charge in [0.1, 0.15) is 5.78 Å². The molecule has 1 atom stereocenters. The summed E-state index contributed by atoms with van der Waals surface area (Å²) >= 11 is 0. The second-order valence-corrected chi connectivity index (χ2v) is 3.86. The summed E-state index contributed by atoms with van der Waals surface area (Å²) in [5.74, 6) is -0.0761. The Hall–Kier alpha value is -1.65. The molecule has 16 heavy (non-hydrogen) atoms. The van der Waals surface area contributed by atoms with Gasteiger partial charge in [0, 0.05) is 17.1 Å². The molecule has 0 unspecified atom stereocenters. The van der Waals surface area contributed by atoms with Gasteiger partial charge < -0.3 is 10.2 Å². The van der Waals surface area contributed by atoms with Crippen LogP contribution in [-0.4, -0.2) is 22.0 Å². The van der Waals surface area contributed by atoms with Crippen molar-refractivity contribution in [3.63, 3.8) is 0 Å². The van der Waals surface area contributed by atoms with E-state index < -0.39 is 6.04 Å². The van der Waals surface area contributed by atoms with Gasteiger partial charge in [-0.25, -0.2) is 0 Å². The van der Waals surface area contributed by atoms with Gasteiger partial charge in [0.15, 0.2) is 0 Å². The predicted octanol–water partition coefficient (Wildman–Crippen LogP) is 1.65. The van der Waals surface area contributed by atoms with Crippen LogP contribution in [0.5, 0.6) is 0 Å². The Morgan fingerprint density at radius 2 is 2.25 bits per heavy atom. The maximum atomic E-state index is 11.2. The number of carbonyl (C=O) groups is 1. The third-order valence-electron chi connectivity index (χ3n) is 2.75. The van der Waals surface area contributed by atoms with Crippen LogP contribution in [0.2, 0.25) is 0 Å². The monoisotopic (exact) mass is 218 g/mol. The summed E-state index contributed by atoms with van der Waals surface area (Å²) in [5, 5.41) is 9.97. The molecule has 0 aliphatic heterocycles. The standard InChI is InChI=1S/C12H14N2O2/c1-8(15)12(14-16)6-9-7-13-11-5-3-2-4-10(9)11/h2-5,7,12-14,16H,6H2,1H3/t12-/m1/s1. The number of fused-ring (bicyclic) bond motifs is 1. The number of H-pyrrole nitrogens is 1. The zero-order valence-corrected chi connectivity index (χ0v) is 9.03. The molecular weight excluding hydrogens is 204 g/mol. The van der Waals surface area contributed by atoms with Crippen molar-refractivity contribution in [1.82, 2.24) is 10.5 Å². The molecule has 0 bridgehead atoms. The first-order valence-electron chi connectivity index (χ1n) is 5.17. The van der Waals surface area contributed by atoms with E-state index in [1.54, 1.807) is 0 Å². The molecule has 3 N–H and O–H groups in total. The van der Waals surface area contributed by atoms with Crippen molar-refractivity contribution < 1.29 is 10.0 Å². The third kappa shape index (κ3) is 1.98. The fourth-order valence-electron chi connectivity index (χ4n) is 1.80. The average Bonchev–Trinajstić information content (AvgIpc) is 2.69. The molecule has 2 rings (SSSR count). The van der Waals surface area contributed by atoms with Crippen molar-refractivity contribution in [3.8, 4) is 0 Å². The van der Waals surface area contributed by atoms with Crippen LogP contribution in [0.15, 0.2) is 30.5 Å². The topological polar surface area (TPSA) is 65.1 Å². The minimum atomic E-state index is -0.542. The van der Waals surface area contributed by atoms with Gasteiger partial charge in [0.05, 0.1) is 6.04 Å². The number of hydroxylamine groups is 1. The fourth-order valence-corrected chi connectivity index (χ4v) is 1.80. The number of Topliss-reactive ketones (excluding diaryl/α,β-unsaturated/α-hetero) is 1. The lowest BCUT2D eigenvalue weighted by Gasteiger charge is -2.10. The summed E-state index contributed by atoms with van der Waals surface area (Å²) in [7, 11) is 0. The van der Waals surface area contributed by atoms with E-state index in [1.807, 2.05) is 35.9 Å².